The number of halogens is 1. The molecule has 1 aromatic carbocycles. The predicted octanol–water partition coefficient (Wildman–Crippen LogP) is 2.62. The number of benzene rings is 1. The van der Waals surface area contributed by atoms with E-state index in [2.05, 4.69) is 31.2 Å². The summed E-state index contributed by atoms with van der Waals surface area (Å²) in [6.45, 7) is 5.04. The Morgan fingerprint density at radius 2 is 1.93 bits per heavy atom. The van der Waals surface area contributed by atoms with Gasteiger partial charge in [-0.3, -0.25) is 5.32 Å². The molecule has 0 saturated heterocycles. The average Bonchev–Trinajstić information content (AvgIpc) is 2.53. The standard InChI is InChI=1S/C16H17BrN4O5S/c1-9(2)26-14(22)11-4-5-12(17)13(8-11)27(24,25)21-16(23)20-15-18-7-6-10(3)19-15/h4-9H,1-3H3,(H2,18,19,20,21,23). The van der Waals surface area contributed by atoms with Crippen molar-refractivity contribution in [2.45, 2.75) is 31.8 Å². The summed E-state index contributed by atoms with van der Waals surface area (Å²) in [6, 6.07) is 4.50. The molecule has 0 fully saturated rings. The van der Waals surface area contributed by atoms with Gasteiger partial charge >= 0.3 is 12.0 Å². The van der Waals surface area contributed by atoms with Gasteiger partial charge in [0.15, 0.2) is 0 Å². The molecule has 0 spiro atoms. The smallest absolute Gasteiger partial charge is 0.338 e. The minimum absolute atomic E-state index is 0.0368. The number of rotatable bonds is 5. The maximum Gasteiger partial charge on any atom is 0.338 e. The lowest BCUT2D eigenvalue weighted by molar-refractivity contribution is 0.0377. The number of carbonyl (C=O) groups is 2. The highest BCUT2D eigenvalue weighted by Crippen LogP contribution is 2.24. The van der Waals surface area contributed by atoms with E-state index in [1.807, 2.05) is 4.72 Å². The molecule has 1 aromatic heterocycles. The number of ether oxygens (including phenoxy) is 1. The summed E-state index contributed by atoms with van der Waals surface area (Å²) < 4.78 is 32.1. The number of nitrogens with one attached hydrogen (secondary N) is 2. The number of carbonyl (C=O) groups excluding carboxylic acids is 2. The van der Waals surface area contributed by atoms with Crippen molar-refractivity contribution in [3.63, 3.8) is 0 Å². The summed E-state index contributed by atoms with van der Waals surface area (Å²) in [5.74, 6) is -0.720. The number of esters is 1. The summed E-state index contributed by atoms with van der Waals surface area (Å²) in [5.41, 5.74) is 0.636. The number of sulfonamides is 1. The van der Waals surface area contributed by atoms with E-state index in [1.54, 1.807) is 26.8 Å². The fraction of sp³-hybridized carbons (Fsp3) is 0.250. The molecule has 0 saturated carbocycles. The van der Waals surface area contributed by atoms with Crippen LogP contribution in [0.3, 0.4) is 0 Å². The molecule has 0 aliphatic rings. The highest BCUT2D eigenvalue weighted by molar-refractivity contribution is 9.10. The third-order valence-electron chi connectivity index (χ3n) is 3.05. The predicted molar refractivity (Wildman–Crippen MR) is 101 cm³/mol. The number of aromatic nitrogens is 2. The van der Waals surface area contributed by atoms with Crippen molar-refractivity contribution >= 4 is 43.9 Å². The highest BCUT2D eigenvalue weighted by atomic mass is 79.9. The van der Waals surface area contributed by atoms with Gasteiger partial charge in [-0.25, -0.2) is 32.7 Å². The zero-order valence-corrected chi connectivity index (χ0v) is 17.1. The maximum atomic E-state index is 12.5. The van der Waals surface area contributed by atoms with Gasteiger partial charge in [0.2, 0.25) is 5.95 Å². The van der Waals surface area contributed by atoms with Crippen molar-refractivity contribution in [1.29, 1.82) is 0 Å². The van der Waals surface area contributed by atoms with Crippen molar-refractivity contribution in [3.05, 3.63) is 46.2 Å². The number of hydrogen-bond acceptors (Lipinski definition) is 7. The Labute approximate surface area is 164 Å². The SMILES string of the molecule is Cc1ccnc(NC(=O)NS(=O)(=O)c2cc(C(=O)OC(C)C)ccc2Br)n1. The van der Waals surface area contributed by atoms with Gasteiger partial charge in [0, 0.05) is 16.4 Å². The molecule has 0 unspecified atom stereocenters. The van der Waals surface area contributed by atoms with E-state index in [1.165, 1.54) is 18.3 Å². The molecular formula is C16H17BrN4O5S. The number of anilines is 1. The zero-order chi connectivity index (χ0) is 20.2. The van der Waals surface area contributed by atoms with Gasteiger partial charge in [-0.2, -0.15) is 0 Å². The van der Waals surface area contributed by atoms with Crippen LogP contribution in [-0.2, 0) is 14.8 Å². The summed E-state index contributed by atoms with van der Waals surface area (Å²) >= 11 is 3.10. The Bertz CT molecular complexity index is 979. The van der Waals surface area contributed by atoms with E-state index in [0.29, 0.717) is 5.69 Å². The topological polar surface area (TPSA) is 127 Å². The van der Waals surface area contributed by atoms with Crippen molar-refractivity contribution < 1.29 is 22.7 Å². The van der Waals surface area contributed by atoms with E-state index in [4.69, 9.17) is 4.74 Å². The van der Waals surface area contributed by atoms with Gasteiger partial charge < -0.3 is 4.74 Å². The molecule has 144 valence electrons. The number of aryl methyl sites for hydroxylation is 1. The van der Waals surface area contributed by atoms with Gasteiger partial charge in [-0.1, -0.05) is 0 Å². The summed E-state index contributed by atoms with van der Waals surface area (Å²) in [4.78, 5) is 31.5. The lowest BCUT2D eigenvalue weighted by Crippen LogP contribution is -2.35. The van der Waals surface area contributed by atoms with Crippen molar-refractivity contribution in [2.75, 3.05) is 5.32 Å². The molecule has 27 heavy (non-hydrogen) atoms. The van der Waals surface area contributed by atoms with E-state index >= 15 is 0 Å². The molecule has 0 aliphatic heterocycles. The average molecular weight is 457 g/mol. The minimum Gasteiger partial charge on any atom is -0.459 e. The second kappa shape index (κ2) is 8.44. The Balaban J connectivity index is 2.22. The molecular weight excluding hydrogens is 440 g/mol. The van der Waals surface area contributed by atoms with Gasteiger partial charge in [0.25, 0.3) is 10.0 Å². The first-order valence-electron chi connectivity index (χ1n) is 7.72. The molecule has 0 bridgehead atoms. The maximum absolute atomic E-state index is 12.5. The molecule has 0 atom stereocenters. The van der Waals surface area contributed by atoms with E-state index in [9.17, 15) is 18.0 Å². The summed E-state index contributed by atoms with van der Waals surface area (Å²) in [5, 5.41) is 2.23. The lowest BCUT2D eigenvalue weighted by atomic mass is 10.2. The quantitative estimate of drug-likeness (QED) is 0.661. The highest BCUT2D eigenvalue weighted by Gasteiger charge is 2.23. The molecule has 2 rings (SSSR count). The minimum atomic E-state index is -4.28. The first-order valence-corrected chi connectivity index (χ1v) is 10.00. The zero-order valence-electron chi connectivity index (χ0n) is 14.7. The van der Waals surface area contributed by atoms with Crippen molar-refractivity contribution in [3.8, 4) is 0 Å². The molecule has 9 nitrogen and oxygen atoms in total. The lowest BCUT2D eigenvalue weighted by Gasteiger charge is -2.12. The van der Waals surface area contributed by atoms with Gasteiger partial charge in [0.05, 0.1) is 11.7 Å². The van der Waals surface area contributed by atoms with Gasteiger partial charge in [-0.15, -0.1) is 0 Å². The monoisotopic (exact) mass is 456 g/mol. The van der Waals surface area contributed by atoms with E-state index in [0.717, 1.165) is 6.07 Å². The number of nitrogens with zero attached hydrogens (tertiary/aromatic N) is 2. The molecule has 2 aromatic rings. The van der Waals surface area contributed by atoms with Crippen LogP contribution in [0.15, 0.2) is 39.8 Å². The number of urea groups is 1. The van der Waals surface area contributed by atoms with Crippen LogP contribution < -0.4 is 10.0 Å². The first-order chi connectivity index (χ1) is 12.6. The Morgan fingerprint density at radius 1 is 1.22 bits per heavy atom. The van der Waals surface area contributed by atoms with E-state index in [-0.39, 0.29) is 27.0 Å². The Hall–Kier alpha value is -2.53. The van der Waals surface area contributed by atoms with Crippen LogP contribution in [0.2, 0.25) is 0 Å². The van der Waals surface area contributed by atoms with Crippen LogP contribution in [-0.4, -0.2) is 36.5 Å². The first kappa shape index (κ1) is 20.8. The molecule has 1 heterocycles. The number of amides is 2. The van der Waals surface area contributed by atoms with Crippen LogP contribution in [0.1, 0.15) is 29.9 Å². The second-order valence-corrected chi connectivity index (χ2v) is 8.19. The molecule has 2 amide bonds. The third kappa shape index (κ3) is 5.73. The van der Waals surface area contributed by atoms with Crippen LogP contribution in [0.4, 0.5) is 10.7 Å². The summed E-state index contributed by atoms with van der Waals surface area (Å²) in [7, 11) is -4.28. The molecule has 2 N–H and O–H groups in total. The molecule has 0 radical (unpaired) electrons. The van der Waals surface area contributed by atoms with Crippen LogP contribution in [0, 0.1) is 6.92 Å². The van der Waals surface area contributed by atoms with Crippen molar-refractivity contribution in [1.82, 2.24) is 14.7 Å². The summed E-state index contributed by atoms with van der Waals surface area (Å²) in [6.07, 6.45) is 1.06. The second-order valence-electron chi connectivity index (χ2n) is 5.68. The molecule has 11 heteroatoms. The van der Waals surface area contributed by atoms with Crippen molar-refractivity contribution in [2.24, 2.45) is 0 Å². The Kier molecular flexibility index (Phi) is 6.50. The van der Waals surface area contributed by atoms with Gasteiger partial charge in [-0.05, 0) is 61.0 Å². The van der Waals surface area contributed by atoms with E-state index < -0.39 is 22.0 Å². The van der Waals surface area contributed by atoms with Crippen LogP contribution in [0.5, 0.6) is 0 Å². The van der Waals surface area contributed by atoms with Crippen LogP contribution >= 0.6 is 15.9 Å². The fourth-order valence-corrected chi connectivity index (χ4v) is 3.83. The largest absolute Gasteiger partial charge is 0.459 e. The van der Waals surface area contributed by atoms with Gasteiger partial charge in [0.1, 0.15) is 4.90 Å². The normalized spacial score (nSPS) is 11.1. The molecule has 0 aliphatic carbocycles. The fourth-order valence-electron chi connectivity index (χ4n) is 1.93. The third-order valence-corrected chi connectivity index (χ3v) is 5.37. The van der Waals surface area contributed by atoms with Crippen LogP contribution in [0.25, 0.3) is 0 Å². The number of hydrogen-bond donors (Lipinski definition) is 2. The Morgan fingerprint density at radius 3 is 2.56 bits per heavy atom.